The largest absolute Gasteiger partial charge is 0.450 e. The van der Waals surface area contributed by atoms with Crippen LogP contribution in [0.5, 0.6) is 0 Å². The van der Waals surface area contributed by atoms with Crippen molar-refractivity contribution in [1.29, 1.82) is 0 Å². The molecule has 1 fully saturated rings. The predicted octanol–water partition coefficient (Wildman–Crippen LogP) is 4.03. The first-order chi connectivity index (χ1) is 11.0. The van der Waals surface area contributed by atoms with Crippen molar-refractivity contribution in [2.45, 2.75) is 52.5 Å². The molecule has 132 valence electrons. The van der Waals surface area contributed by atoms with Crippen LogP contribution >= 0.6 is 12.4 Å². The van der Waals surface area contributed by atoms with E-state index < -0.39 is 0 Å². The molecular weight excluding hydrogens is 324 g/mol. The number of carbonyl (C=O) groups excluding carboxylic acids is 1. The number of aryl methyl sites for hydroxylation is 3. The maximum absolute atomic E-state index is 12.7. The Bertz CT molecular complexity index is 739. The second-order valence-electron chi connectivity index (χ2n) is 6.82. The first-order valence-electron chi connectivity index (χ1n) is 8.53. The summed E-state index contributed by atoms with van der Waals surface area (Å²) in [7, 11) is 0. The van der Waals surface area contributed by atoms with Gasteiger partial charge in [0, 0.05) is 17.0 Å². The molecule has 2 aromatic rings. The highest BCUT2D eigenvalue weighted by Gasteiger charge is 2.28. The average molecular weight is 351 g/mol. The van der Waals surface area contributed by atoms with Gasteiger partial charge in [0.1, 0.15) is 5.58 Å². The highest BCUT2D eigenvalue weighted by molar-refractivity contribution is 6.00. The molecule has 3 N–H and O–H groups in total. The van der Waals surface area contributed by atoms with Gasteiger partial charge in [0.05, 0.1) is 0 Å². The number of benzene rings is 1. The van der Waals surface area contributed by atoms with E-state index in [1.807, 2.05) is 19.9 Å². The lowest BCUT2D eigenvalue weighted by molar-refractivity contribution is 0.0881. The standard InChI is InChI=1S/C19H26N2O2.ClH/c1-11-8-9-12(2)17-16(11)13(3)18(23-17)19(22)21-15-7-5-4-6-14(15)10-20;/h8-9,14-15H,4-7,10,20H2,1-3H3,(H,21,22);1H. The van der Waals surface area contributed by atoms with Crippen LogP contribution in [0.2, 0.25) is 0 Å². The van der Waals surface area contributed by atoms with Crippen LogP contribution in [0.1, 0.15) is 52.9 Å². The lowest BCUT2D eigenvalue weighted by Crippen LogP contribution is -2.44. The van der Waals surface area contributed by atoms with Crippen LogP contribution in [0.3, 0.4) is 0 Å². The van der Waals surface area contributed by atoms with E-state index in [1.165, 1.54) is 6.42 Å². The van der Waals surface area contributed by atoms with E-state index in [0.717, 1.165) is 46.9 Å². The Labute approximate surface area is 149 Å². The Balaban J connectivity index is 0.00000208. The molecule has 1 aromatic carbocycles. The summed E-state index contributed by atoms with van der Waals surface area (Å²) in [6.45, 7) is 6.66. The van der Waals surface area contributed by atoms with Gasteiger partial charge in [-0.1, -0.05) is 25.0 Å². The van der Waals surface area contributed by atoms with Gasteiger partial charge < -0.3 is 15.5 Å². The third-order valence-corrected chi connectivity index (χ3v) is 5.22. The summed E-state index contributed by atoms with van der Waals surface area (Å²) in [4.78, 5) is 12.7. The number of hydrogen-bond acceptors (Lipinski definition) is 3. The highest BCUT2D eigenvalue weighted by Crippen LogP contribution is 2.31. The molecule has 24 heavy (non-hydrogen) atoms. The number of halogens is 1. The van der Waals surface area contributed by atoms with Gasteiger partial charge in [-0.25, -0.2) is 0 Å². The fourth-order valence-electron chi connectivity index (χ4n) is 3.81. The van der Waals surface area contributed by atoms with Crippen LogP contribution in [-0.2, 0) is 0 Å². The van der Waals surface area contributed by atoms with Gasteiger partial charge in [0.25, 0.3) is 5.91 Å². The van der Waals surface area contributed by atoms with Gasteiger partial charge in [-0.2, -0.15) is 0 Å². The van der Waals surface area contributed by atoms with Crippen molar-refractivity contribution in [3.8, 4) is 0 Å². The number of rotatable bonds is 3. The fourth-order valence-corrected chi connectivity index (χ4v) is 3.81. The number of hydrogen-bond donors (Lipinski definition) is 2. The van der Waals surface area contributed by atoms with Crippen LogP contribution in [0.4, 0.5) is 0 Å². The summed E-state index contributed by atoms with van der Waals surface area (Å²) >= 11 is 0. The van der Waals surface area contributed by atoms with Crippen LogP contribution < -0.4 is 11.1 Å². The topological polar surface area (TPSA) is 68.3 Å². The molecular formula is C19H27ClN2O2. The van der Waals surface area contributed by atoms with Gasteiger partial charge in [-0.15, -0.1) is 12.4 Å². The molecule has 5 heteroatoms. The minimum atomic E-state index is -0.108. The number of nitrogens with one attached hydrogen (secondary N) is 1. The van der Waals surface area contributed by atoms with Crippen LogP contribution in [0.25, 0.3) is 11.0 Å². The monoisotopic (exact) mass is 350 g/mol. The van der Waals surface area contributed by atoms with Gasteiger partial charge >= 0.3 is 0 Å². The van der Waals surface area contributed by atoms with Crippen molar-refractivity contribution in [2.24, 2.45) is 11.7 Å². The number of furan rings is 1. The summed E-state index contributed by atoms with van der Waals surface area (Å²) in [5.74, 6) is 0.711. The fraction of sp³-hybridized carbons (Fsp3) is 0.526. The number of nitrogens with two attached hydrogens (primary N) is 1. The van der Waals surface area contributed by atoms with Crippen molar-refractivity contribution in [2.75, 3.05) is 6.54 Å². The molecule has 0 saturated heterocycles. The molecule has 1 amide bonds. The van der Waals surface area contributed by atoms with E-state index in [1.54, 1.807) is 0 Å². The Morgan fingerprint density at radius 1 is 1.21 bits per heavy atom. The minimum absolute atomic E-state index is 0. The number of fused-ring (bicyclic) bond motifs is 1. The number of amides is 1. The van der Waals surface area contributed by atoms with Gasteiger partial charge in [-0.05, 0) is 57.2 Å². The Morgan fingerprint density at radius 3 is 2.54 bits per heavy atom. The molecule has 0 spiro atoms. The van der Waals surface area contributed by atoms with Gasteiger partial charge in [-0.3, -0.25) is 4.79 Å². The van der Waals surface area contributed by atoms with E-state index in [4.69, 9.17) is 10.2 Å². The molecule has 3 rings (SSSR count). The third kappa shape index (κ3) is 3.31. The first-order valence-corrected chi connectivity index (χ1v) is 8.53. The molecule has 2 unspecified atom stereocenters. The Kier molecular flexibility index (Phi) is 5.94. The molecule has 1 saturated carbocycles. The Hall–Kier alpha value is -1.52. The van der Waals surface area contributed by atoms with Gasteiger partial charge in [0.2, 0.25) is 0 Å². The van der Waals surface area contributed by atoms with E-state index in [9.17, 15) is 4.79 Å². The molecule has 1 heterocycles. The van der Waals surface area contributed by atoms with Crippen molar-refractivity contribution in [3.05, 3.63) is 34.6 Å². The van der Waals surface area contributed by atoms with Crippen LogP contribution in [0.15, 0.2) is 16.5 Å². The van der Waals surface area contributed by atoms with E-state index in [0.29, 0.717) is 18.2 Å². The van der Waals surface area contributed by atoms with Crippen molar-refractivity contribution in [1.82, 2.24) is 5.32 Å². The normalized spacial score (nSPS) is 20.7. The molecule has 0 aliphatic heterocycles. The van der Waals surface area contributed by atoms with Gasteiger partial charge in [0.15, 0.2) is 5.76 Å². The zero-order valence-electron chi connectivity index (χ0n) is 14.6. The second kappa shape index (κ2) is 7.58. The maximum Gasteiger partial charge on any atom is 0.287 e. The molecule has 1 aromatic heterocycles. The SMILES string of the molecule is Cc1ccc(C)c2c(C)c(C(=O)NC3CCCCC3CN)oc12.Cl. The highest BCUT2D eigenvalue weighted by atomic mass is 35.5. The van der Waals surface area contributed by atoms with E-state index >= 15 is 0 Å². The van der Waals surface area contributed by atoms with Crippen molar-refractivity contribution >= 4 is 29.3 Å². The first kappa shape index (κ1) is 18.8. The molecule has 4 nitrogen and oxygen atoms in total. The van der Waals surface area contributed by atoms with Crippen molar-refractivity contribution in [3.63, 3.8) is 0 Å². The minimum Gasteiger partial charge on any atom is -0.450 e. The molecule has 2 atom stereocenters. The summed E-state index contributed by atoms with van der Waals surface area (Å²) in [6.07, 6.45) is 4.46. The summed E-state index contributed by atoms with van der Waals surface area (Å²) in [6, 6.07) is 4.28. The van der Waals surface area contributed by atoms with E-state index in [-0.39, 0.29) is 24.4 Å². The lowest BCUT2D eigenvalue weighted by Gasteiger charge is -2.31. The van der Waals surface area contributed by atoms with Crippen LogP contribution in [0, 0.1) is 26.7 Å². The quantitative estimate of drug-likeness (QED) is 0.878. The molecule has 0 radical (unpaired) electrons. The summed E-state index contributed by atoms with van der Waals surface area (Å²) in [5, 5.41) is 4.23. The Morgan fingerprint density at radius 2 is 1.88 bits per heavy atom. The second-order valence-corrected chi connectivity index (χ2v) is 6.82. The summed E-state index contributed by atoms with van der Waals surface area (Å²) in [5.41, 5.74) is 9.82. The van der Waals surface area contributed by atoms with Crippen LogP contribution in [-0.4, -0.2) is 18.5 Å². The smallest absolute Gasteiger partial charge is 0.287 e. The molecule has 1 aliphatic carbocycles. The molecule has 1 aliphatic rings. The lowest BCUT2D eigenvalue weighted by atomic mass is 9.84. The average Bonchev–Trinajstić information content (AvgIpc) is 2.90. The molecule has 0 bridgehead atoms. The maximum atomic E-state index is 12.7. The third-order valence-electron chi connectivity index (χ3n) is 5.22. The van der Waals surface area contributed by atoms with Crippen molar-refractivity contribution < 1.29 is 9.21 Å². The zero-order chi connectivity index (χ0) is 16.6. The summed E-state index contributed by atoms with van der Waals surface area (Å²) < 4.78 is 5.94. The zero-order valence-corrected chi connectivity index (χ0v) is 15.5. The van der Waals surface area contributed by atoms with E-state index in [2.05, 4.69) is 18.3 Å². The number of carbonyl (C=O) groups is 1. The predicted molar refractivity (Wildman–Crippen MR) is 99.9 cm³/mol.